The first-order valence-corrected chi connectivity index (χ1v) is 8.12. The maximum absolute atomic E-state index is 12.1. The fourth-order valence-electron chi connectivity index (χ4n) is 2.25. The van der Waals surface area contributed by atoms with Crippen LogP contribution in [0.3, 0.4) is 0 Å². The van der Waals surface area contributed by atoms with E-state index in [1.165, 1.54) is 6.07 Å². The molecule has 0 aliphatic heterocycles. The first-order chi connectivity index (χ1) is 11.3. The monoisotopic (exact) mass is 368 g/mol. The summed E-state index contributed by atoms with van der Waals surface area (Å²) in [5.41, 5.74) is 5.07. The summed E-state index contributed by atoms with van der Waals surface area (Å²) in [7, 11) is 0. The van der Waals surface area contributed by atoms with Gasteiger partial charge in [0.1, 0.15) is 12.3 Å². The SMILES string of the molecule is CC/C(=N/NC(=O)Cn1nc(C)cc1C)c1cc(Cl)cc(Cl)c1O. The number of hydrazone groups is 1. The fourth-order valence-corrected chi connectivity index (χ4v) is 2.75. The summed E-state index contributed by atoms with van der Waals surface area (Å²) in [5.74, 6) is -0.436. The van der Waals surface area contributed by atoms with Gasteiger partial charge in [0.15, 0.2) is 0 Å². The maximum atomic E-state index is 12.1. The smallest absolute Gasteiger partial charge is 0.261 e. The summed E-state index contributed by atoms with van der Waals surface area (Å²) in [6, 6.07) is 4.88. The van der Waals surface area contributed by atoms with Gasteiger partial charge in [-0.3, -0.25) is 9.48 Å². The Bertz CT molecular complexity index is 800. The number of benzene rings is 1. The summed E-state index contributed by atoms with van der Waals surface area (Å²) in [6.07, 6.45) is 0.477. The number of aromatic hydroxyl groups is 1. The van der Waals surface area contributed by atoms with Crippen LogP contribution in [-0.2, 0) is 11.3 Å². The molecule has 0 atom stereocenters. The van der Waals surface area contributed by atoms with Crippen LogP contribution in [0.5, 0.6) is 5.75 Å². The van der Waals surface area contributed by atoms with Crippen LogP contribution in [0.15, 0.2) is 23.3 Å². The highest BCUT2D eigenvalue weighted by Crippen LogP contribution is 2.32. The van der Waals surface area contributed by atoms with E-state index in [4.69, 9.17) is 23.2 Å². The van der Waals surface area contributed by atoms with Crippen LogP contribution in [-0.4, -0.2) is 26.5 Å². The number of aryl methyl sites for hydroxylation is 2. The van der Waals surface area contributed by atoms with Gasteiger partial charge < -0.3 is 5.11 Å². The molecular formula is C16H18Cl2N4O2. The van der Waals surface area contributed by atoms with Crippen LogP contribution in [0.1, 0.15) is 30.3 Å². The lowest BCUT2D eigenvalue weighted by atomic mass is 10.1. The largest absolute Gasteiger partial charge is 0.506 e. The van der Waals surface area contributed by atoms with E-state index in [1.807, 2.05) is 26.8 Å². The summed E-state index contributed by atoms with van der Waals surface area (Å²) in [5, 5.41) is 18.9. The van der Waals surface area contributed by atoms with Gasteiger partial charge in [-0.25, -0.2) is 5.43 Å². The molecule has 0 saturated carbocycles. The Morgan fingerprint density at radius 3 is 2.62 bits per heavy atom. The molecule has 2 rings (SSSR count). The van der Waals surface area contributed by atoms with E-state index in [0.29, 0.717) is 22.7 Å². The van der Waals surface area contributed by atoms with Gasteiger partial charge >= 0.3 is 0 Å². The Labute approximate surface area is 150 Å². The second-order valence-electron chi connectivity index (χ2n) is 5.32. The number of phenols is 1. The zero-order valence-corrected chi connectivity index (χ0v) is 15.1. The third-order valence-electron chi connectivity index (χ3n) is 3.39. The molecule has 0 radical (unpaired) electrons. The molecule has 2 aromatic rings. The van der Waals surface area contributed by atoms with Gasteiger partial charge in [0.05, 0.1) is 16.4 Å². The molecule has 8 heteroatoms. The van der Waals surface area contributed by atoms with Crippen molar-refractivity contribution in [3.05, 3.63) is 45.2 Å². The Morgan fingerprint density at radius 1 is 1.33 bits per heavy atom. The van der Waals surface area contributed by atoms with Crippen molar-refractivity contribution in [3.8, 4) is 5.75 Å². The quantitative estimate of drug-likeness (QED) is 0.626. The average molecular weight is 369 g/mol. The predicted octanol–water partition coefficient (Wildman–Crippen LogP) is 3.44. The topological polar surface area (TPSA) is 79.5 Å². The molecule has 0 aliphatic rings. The first kappa shape index (κ1) is 18.3. The highest BCUT2D eigenvalue weighted by Gasteiger charge is 2.13. The molecule has 24 heavy (non-hydrogen) atoms. The summed E-state index contributed by atoms with van der Waals surface area (Å²) >= 11 is 11.9. The Kier molecular flexibility index (Phi) is 5.85. The lowest BCUT2D eigenvalue weighted by molar-refractivity contribution is -0.121. The number of aromatic nitrogens is 2. The average Bonchev–Trinajstić information content (AvgIpc) is 2.82. The normalized spacial score (nSPS) is 11.6. The number of halogens is 2. The number of phenolic OH excluding ortho intramolecular Hbond substituents is 1. The van der Waals surface area contributed by atoms with E-state index in [2.05, 4.69) is 15.6 Å². The molecule has 6 nitrogen and oxygen atoms in total. The zero-order valence-electron chi connectivity index (χ0n) is 13.6. The molecular weight excluding hydrogens is 351 g/mol. The van der Waals surface area contributed by atoms with Crippen molar-refractivity contribution in [2.45, 2.75) is 33.7 Å². The predicted molar refractivity (Wildman–Crippen MR) is 94.8 cm³/mol. The molecule has 2 N–H and O–H groups in total. The van der Waals surface area contributed by atoms with Crippen LogP contribution < -0.4 is 5.43 Å². The lowest BCUT2D eigenvalue weighted by Crippen LogP contribution is -2.25. The second-order valence-corrected chi connectivity index (χ2v) is 6.16. The van der Waals surface area contributed by atoms with Crippen LogP contribution in [0.4, 0.5) is 0 Å². The Hall–Kier alpha value is -2.05. The van der Waals surface area contributed by atoms with Crippen molar-refractivity contribution in [1.82, 2.24) is 15.2 Å². The van der Waals surface area contributed by atoms with Crippen molar-refractivity contribution in [3.63, 3.8) is 0 Å². The highest BCUT2D eigenvalue weighted by molar-refractivity contribution is 6.36. The van der Waals surface area contributed by atoms with E-state index >= 15 is 0 Å². The molecule has 128 valence electrons. The Balaban J connectivity index is 2.16. The van der Waals surface area contributed by atoms with Crippen LogP contribution in [0.25, 0.3) is 0 Å². The minimum Gasteiger partial charge on any atom is -0.506 e. The van der Waals surface area contributed by atoms with Gasteiger partial charge in [-0.1, -0.05) is 30.1 Å². The standard InChI is InChI=1S/C16H18Cl2N4O2/c1-4-14(12-6-11(17)7-13(18)16(12)24)19-20-15(23)8-22-10(3)5-9(2)21-22/h5-7,24H,4,8H2,1-3H3,(H,20,23)/b19-14-. The van der Waals surface area contributed by atoms with Crippen molar-refractivity contribution >= 4 is 34.8 Å². The molecule has 1 aromatic heterocycles. The molecule has 0 unspecified atom stereocenters. The van der Waals surface area contributed by atoms with Crippen LogP contribution in [0, 0.1) is 13.8 Å². The molecule has 1 amide bonds. The molecule has 1 heterocycles. The third-order valence-corrected chi connectivity index (χ3v) is 3.89. The van der Waals surface area contributed by atoms with Crippen LogP contribution in [0.2, 0.25) is 10.0 Å². The van der Waals surface area contributed by atoms with E-state index < -0.39 is 0 Å². The molecule has 0 spiro atoms. The summed E-state index contributed by atoms with van der Waals surface area (Å²) in [6.45, 7) is 5.64. The number of hydrogen-bond donors (Lipinski definition) is 2. The van der Waals surface area contributed by atoms with Crippen LogP contribution >= 0.6 is 23.2 Å². The van der Waals surface area contributed by atoms with Crippen molar-refractivity contribution in [2.75, 3.05) is 0 Å². The molecule has 0 aliphatic carbocycles. The maximum Gasteiger partial charge on any atom is 0.261 e. The van der Waals surface area contributed by atoms with Gasteiger partial charge in [-0.05, 0) is 38.5 Å². The van der Waals surface area contributed by atoms with Gasteiger partial charge in [0, 0.05) is 16.3 Å². The lowest BCUT2D eigenvalue weighted by Gasteiger charge is -2.09. The number of carbonyl (C=O) groups is 1. The van der Waals surface area contributed by atoms with Crippen molar-refractivity contribution in [1.29, 1.82) is 0 Å². The Morgan fingerprint density at radius 2 is 2.04 bits per heavy atom. The highest BCUT2D eigenvalue weighted by atomic mass is 35.5. The van der Waals surface area contributed by atoms with E-state index in [1.54, 1.807) is 10.7 Å². The molecule has 0 fully saturated rings. The van der Waals surface area contributed by atoms with E-state index in [0.717, 1.165) is 11.4 Å². The second kappa shape index (κ2) is 7.68. The van der Waals surface area contributed by atoms with E-state index in [-0.39, 0.29) is 23.2 Å². The number of rotatable bonds is 5. The third kappa shape index (κ3) is 4.27. The van der Waals surface area contributed by atoms with Gasteiger partial charge in [0.2, 0.25) is 0 Å². The number of nitrogens with one attached hydrogen (secondary N) is 1. The molecule has 1 aromatic carbocycles. The number of amides is 1. The number of hydrogen-bond acceptors (Lipinski definition) is 4. The number of nitrogens with zero attached hydrogens (tertiary/aromatic N) is 3. The summed E-state index contributed by atoms with van der Waals surface area (Å²) in [4.78, 5) is 12.1. The van der Waals surface area contributed by atoms with Crippen molar-refractivity contribution in [2.24, 2.45) is 5.10 Å². The van der Waals surface area contributed by atoms with Gasteiger partial charge in [-0.2, -0.15) is 10.2 Å². The number of carbonyl (C=O) groups excluding carboxylic acids is 1. The first-order valence-electron chi connectivity index (χ1n) is 7.36. The van der Waals surface area contributed by atoms with Crippen molar-refractivity contribution < 1.29 is 9.90 Å². The van der Waals surface area contributed by atoms with Gasteiger partial charge in [-0.15, -0.1) is 0 Å². The summed E-state index contributed by atoms with van der Waals surface area (Å²) < 4.78 is 1.60. The minimum absolute atomic E-state index is 0.0580. The van der Waals surface area contributed by atoms with E-state index in [9.17, 15) is 9.90 Å². The fraction of sp³-hybridized carbons (Fsp3) is 0.312. The van der Waals surface area contributed by atoms with Gasteiger partial charge in [0.25, 0.3) is 5.91 Å². The zero-order chi connectivity index (χ0) is 17.9. The molecule has 0 bridgehead atoms. The minimum atomic E-state index is -0.320. The molecule has 0 saturated heterocycles.